The molecule has 0 amide bonds. The van der Waals surface area contributed by atoms with E-state index in [9.17, 15) is 8.42 Å². The van der Waals surface area contributed by atoms with E-state index in [1.807, 2.05) is 13.8 Å². The van der Waals surface area contributed by atoms with Crippen molar-refractivity contribution in [3.05, 3.63) is 0 Å². The highest BCUT2D eigenvalue weighted by atomic mass is 32.2. The zero-order valence-corrected chi connectivity index (χ0v) is 11.6. The topological polar surface area (TPSA) is 91.3 Å². The fourth-order valence-corrected chi connectivity index (χ4v) is 1.45. The Bertz CT molecular complexity index is 278. The van der Waals surface area contributed by atoms with Gasteiger partial charge in [0.05, 0.1) is 6.61 Å². The Morgan fingerprint density at radius 2 is 1.56 bits per heavy atom. The number of hydrogen-bond acceptors (Lipinski definition) is 6. The normalized spacial score (nSPS) is 13.7. The molecule has 0 aliphatic carbocycles. The third kappa shape index (κ3) is 9.75. The molecule has 0 aromatic rings. The highest BCUT2D eigenvalue weighted by Crippen LogP contribution is 2.03. The molecule has 0 spiro atoms. The van der Waals surface area contributed by atoms with Crippen molar-refractivity contribution < 1.29 is 31.9 Å². The van der Waals surface area contributed by atoms with Gasteiger partial charge in [-0.25, -0.2) is 0 Å². The van der Waals surface area contributed by atoms with Crippen LogP contribution >= 0.6 is 0 Å². The summed E-state index contributed by atoms with van der Waals surface area (Å²) in [4.78, 5) is 0. The summed E-state index contributed by atoms with van der Waals surface area (Å²) in [7, 11) is -4.33. The van der Waals surface area contributed by atoms with Crippen molar-refractivity contribution in [2.75, 3.05) is 33.4 Å². The average molecular weight is 286 g/mol. The van der Waals surface area contributed by atoms with Crippen LogP contribution in [0.25, 0.3) is 0 Å². The van der Waals surface area contributed by atoms with Gasteiger partial charge >= 0.3 is 0 Å². The predicted octanol–water partition coefficient (Wildman–Crippen LogP) is 1.00. The van der Waals surface area contributed by atoms with Crippen LogP contribution in [0.4, 0.5) is 0 Å². The third-order valence-corrected chi connectivity index (χ3v) is 2.72. The molecule has 0 heterocycles. The van der Waals surface area contributed by atoms with E-state index in [0.717, 1.165) is 12.8 Å². The SMILES string of the molecule is CCCOCOCC(OCOCCC)S(=O)(=O)O. The summed E-state index contributed by atoms with van der Waals surface area (Å²) < 4.78 is 50.6. The second-order valence-electron chi connectivity index (χ2n) is 3.53. The lowest BCUT2D eigenvalue weighted by Gasteiger charge is -2.15. The van der Waals surface area contributed by atoms with E-state index in [-0.39, 0.29) is 20.2 Å². The van der Waals surface area contributed by atoms with Crippen molar-refractivity contribution in [3.8, 4) is 0 Å². The van der Waals surface area contributed by atoms with Crippen molar-refractivity contribution in [1.29, 1.82) is 0 Å². The zero-order chi connectivity index (χ0) is 13.9. The molecule has 110 valence electrons. The zero-order valence-electron chi connectivity index (χ0n) is 10.8. The van der Waals surface area contributed by atoms with Gasteiger partial charge in [0.15, 0.2) is 0 Å². The summed E-state index contributed by atoms with van der Waals surface area (Å²) in [5.41, 5.74) is -1.46. The monoisotopic (exact) mass is 286 g/mol. The maximum absolute atomic E-state index is 11.0. The molecule has 0 aliphatic heterocycles. The minimum atomic E-state index is -4.33. The molecule has 0 fully saturated rings. The summed E-state index contributed by atoms with van der Waals surface area (Å²) >= 11 is 0. The standard InChI is InChI=1S/C10H22O7S/c1-3-5-14-8-16-7-10(18(11,12)13)17-9-15-6-4-2/h10H,3-9H2,1-2H3,(H,11,12,13). The van der Waals surface area contributed by atoms with Crippen molar-refractivity contribution >= 4 is 10.1 Å². The lowest BCUT2D eigenvalue weighted by atomic mass is 10.5. The van der Waals surface area contributed by atoms with Crippen molar-refractivity contribution in [2.24, 2.45) is 0 Å². The predicted molar refractivity (Wildman–Crippen MR) is 64.6 cm³/mol. The van der Waals surface area contributed by atoms with E-state index < -0.39 is 15.6 Å². The second kappa shape index (κ2) is 10.7. The molecule has 1 atom stereocenters. The highest BCUT2D eigenvalue weighted by Gasteiger charge is 2.24. The van der Waals surface area contributed by atoms with Gasteiger partial charge in [0.25, 0.3) is 10.1 Å². The van der Waals surface area contributed by atoms with Crippen LogP contribution in [-0.2, 0) is 29.1 Å². The summed E-state index contributed by atoms with van der Waals surface area (Å²) in [5, 5.41) is 0. The van der Waals surface area contributed by atoms with Crippen LogP contribution in [0, 0.1) is 0 Å². The summed E-state index contributed by atoms with van der Waals surface area (Å²) in [6.45, 7) is 4.27. The van der Waals surface area contributed by atoms with E-state index in [1.165, 1.54) is 0 Å². The molecule has 0 rings (SSSR count). The molecule has 7 nitrogen and oxygen atoms in total. The second-order valence-corrected chi connectivity index (χ2v) is 5.09. The van der Waals surface area contributed by atoms with Crippen molar-refractivity contribution in [2.45, 2.75) is 32.1 Å². The van der Waals surface area contributed by atoms with Crippen LogP contribution in [0.5, 0.6) is 0 Å². The van der Waals surface area contributed by atoms with E-state index in [2.05, 4.69) is 0 Å². The van der Waals surface area contributed by atoms with Gasteiger partial charge in [-0.1, -0.05) is 13.8 Å². The number of rotatable bonds is 12. The maximum Gasteiger partial charge on any atom is 0.294 e. The third-order valence-electron chi connectivity index (χ3n) is 1.79. The van der Waals surface area contributed by atoms with Crippen molar-refractivity contribution in [1.82, 2.24) is 0 Å². The van der Waals surface area contributed by atoms with Gasteiger partial charge in [0.1, 0.15) is 13.6 Å². The van der Waals surface area contributed by atoms with Crippen LogP contribution in [0.15, 0.2) is 0 Å². The van der Waals surface area contributed by atoms with Gasteiger partial charge in [-0.05, 0) is 12.8 Å². The molecule has 1 N–H and O–H groups in total. The molecule has 1 unspecified atom stereocenters. The Hall–Kier alpha value is -0.250. The number of hydrogen-bond donors (Lipinski definition) is 1. The first-order valence-electron chi connectivity index (χ1n) is 5.83. The molecule has 0 radical (unpaired) electrons. The summed E-state index contributed by atoms with van der Waals surface area (Å²) in [5.74, 6) is 0. The average Bonchev–Trinajstić information content (AvgIpc) is 2.30. The summed E-state index contributed by atoms with van der Waals surface area (Å²) in [6.07, 6.45) is 1.63. The highest BCUT2D eigenvalue weighted by molar-refractivity contribution is 7.86. The first-order valence-corrected chi connectivity index (χ1v) is 7.33. The number of ether oxygens (including phenoxy) is 4. The molecular formula is C10H22O7S. The fourth-order valence-electron chi connectivity index (χ4n) is 0.954. The van der Waals surface area contributed by atoms with Crippen LogP contribution in [0.1, 0.15) is 26.7 Å². The Morgan fingerprint density at radius 3 is 2.06 bits per heavy atom. The Labute approximate surface area is 108 Å². The molecule has 18 heavy (non-hydrogen) atoms. The fraction of sp³-hybridized carbons (Fsp3) is 1.00. The largest absolute Gasteiger partial charge is 0.355 e. The molecule has 0 aromatic heterocycles. The van der Waals surface area contributed by atoms with E-state index >= 15 is 0 Å². The van der Waals surface area contributed by atoms with Gasteiger partial charge in [-0.15, -0.1) is 0 Å². The minimum absolute atomic E-state index is 0.0426. The Kier molecular flexibility index (Phi) is 10.5. The van der Waals surface area contributed by atoms with E-state index in [0.29, 0.717) is 13.2 Å². The van der Waals surface area contributed by atoms with Gasteiger partial charge < -0.3 is 18.9 Å². The van der Waals surface area contributed by atoms with Crippen LogP contribution in [-0.4, -0.2) is 51.8 Å². The lowest BCUT2D eigenvalue weighted by molar-refractivity contribution is -0.112. The van der Waals surface area contributed by atoms with E-state index in [1.54, 1.807) is 0 Å². The van der Waals surface area contributed by atoms with Crippen LogP contribution in [0.3, 0.4) is 0 Å². The smallest absolute Gasteiger partial charge is 0.294 e. The molecule has 0 aliphatic rings. The first kappa shape index (κ1) is 17.8. The molecule has 0 saturated heterocycles. The van der Waals surface area contributed by atoms with Crippen LogP contribution < -0.4 is 0 Å². The molecule has 8 heteroatoms. The molecule has 0 aromatic carbocycles. The van der Waals surface area contributed by atoms with Crippen molar-refractivity contribution in [3.63, 3.8) is 0 Å². The van der Waals surface area contributed by atoms with E-state index in [4.69, 9.17) is 23.5 Å². The van der Waals surface area contributed by atoms with Gasteiger partial charge in [0.2, 0.25) is 5.44 Å². The minimum Gasteiger partial charge on any atom is -0.355 e. The Morgan fingerprint density at radius 1 is 1.00 bits per heavy atom. The lowest BCUT2D eigenvalue weighted by Crippen LogP contribution is -2.30. The van der Waals surface area contributed by atoms with Gasteiger partial charge in [-0.3, -0.25) is 4.55 Å². The molecular weight excluding hydrogens is 264 g/mol. The van der Waals surface area contributed by atoms with Crippen LogP contribution in [0.2, 0.25) is 0 Å². The van der Waals surface area contributed by atoms with Gasteiger partial charge in [-0.2, -0.15) is 8.42 Å². The van der Waals surface area contributed by atoms with Gasteiger partial charge in [0, 0.05) is 13.2 Å². The Balaban J connectivity index is 3.87. The molecule has 0 saturated carbocycles. The summed E-state index contributed by atoms with van der Waals surface area (Å²) in [6, 6.07) is 0. The molecule has 0 bridgehead atoms. The first-order chi connectivity index (χ1) is 8.52. The maximum atomic E-state index is 11.0. The quantitative estimate of drug-likeness (QED) is 0.325.